The molecule has 1 fully saturated rings. The molecule has 2 aromatic carbocycles. The molecule has 0 spiro atoms. The Hall–Kier alpha value is -3.45. The molecule has 1 aliphatic rings. The van der Waals surface area contributed by atoms with Crippen LogP contribution in [0.25, 0.3) is 16.9 Å². The normalized spacial score (nSPS) is 13.1. The highest BCUT2D eigenvalue weighted by Gasteiger charge is 2.34. The van der Waals surface area contributed by atoms with Crippen LogP contribution in [0, 0.1) is 19.8 Å². The molecule has 0 unspecified atom stereocenters. The summed E-state index contributed by atoms with van der Waals surface area (Å²) in [6.45, 7) is 4.88. The second-order valence-corrected chi connectivity index (χ2v) is 8.53. The summed E-state index contributed by atoms with van der Waals surface area (Å²) in [5.41, 5.74) is 4.98. The molecule has 7 nitrogen and oxygen atoms in total. The maximum Gasteiger partial charge on any atom is 0.246 e. The first-order valence-corrected chi connectivity index (χ1v) is 11.3. The summed E-state index contributed by atoms with van der Waals surface area (Å²) in [5, 5.41) is 2.93. The molecule has 1 N–H and O–H groups in total. The second-order valence-electron chi connectivity index (χ2n) is 8.53. The van der Waals surface area contributed by atoms with E-state index in [0.29, 0.717) is 19.1 Å². The Bertz CT molecular complexity index is 1140. The third kappa shape index (κ3) is 5.49. The fraction of sp³-hybridized carbons (Fsp3) is 0.346. The highest BCUT2D eigenvalue weighted by atomic mass is 16.5. The monoisotopic (exact) mass is 446 g/mol. The van der Waals surface area contributed by atoms with Crippen molar-refractivity contribution in [2.75, 3.05) is 32.1 Å². The molecular weight excluding hydrogens is 416 g/mol. The van der Waals surface area contributed by atoms with Crippen LogP contribution >= 0.6 is 0 Å². The zero-order valence-corrected chi connectivity index (χ0v) is 19.4. The van der Waals surface area contributed by atoms with Gasteiger partial charge >= 0.3 is 0 Å². The number of aryl methyl sites for hydroxylation is 2. The van der Waals surface area contributed by atoms with Gasteiger partial charge in [0.1, 0.15) is 6.54 Å². The van der Waals surface area contributed by atoms with Gasteiger partial charge in [-0.25, -0.2) is 4.98 Å². The largest absolute Gasteiger partial charge is 0.383 e. The Balaban J connectivity index is 1.60. The number of methoxy groups -OCH3 is 1. The lowest BCUT2D eigenvalue weighted by Crippen LogP contribution is -2.41. The van der Waals surface area contributed by atoms with Crippen LogP contribution in [-0.4, -0.2) is 53.1 Å². The SMILES string of the molecule is COCCN(CC(=O)Nc1nc(-c2ccccc2)cn1-c1ccc(C)c(C)c1)C(=O)C1CC1. The number of hydrogen-bond acceptors (Lipinski definition) is 4. The number of nitrogens with zero attached hydrogens (tertiary/aromatic N) is 3. The van der Waals surface area contributed by atoms with Crippen LogP contribution in [0.4, 0.5) is 5.95 Å². The number of hydrogen-bond donors (Lipinski definition) is 1. The van der Waals surface area contributed by atoms with Gasteiger partial charge in [-0.1, -0.05) is 36.4 Å². The Morgan fingerprint density at radius 3 is 2.55 bits per heavy atom. The van der Waals surface area contributed by atoms with E-state index in [2.05, 4.69) is 31.3 Å². The van der Waals surface area contributed by atoms with Gasteiger partial charge in [0.15, 0.2) is 0 Å². The standard InChI is InChI=1S/C26H30N4O3/c1-18-9-12-22(15-19(18)2)30-16-23(20-7-5-4-6-8-20)27-26(30)28-24(31)17-29(13-14-33-3)25(32)21-10-11-21/h4-9,12,15-16,21H,10-11,13-14,17H2,1-3H3,(H,27,28,31). The Labute approximate surface area is 194 Å². The average molecular weight is 447 g/mol. The first-order chi connectivity index (χ1) is 16.0. The van der Waals surface area contributed by atoms with E-state index in [1.165, 1.54) is 5.56 Å². The van der Waals surface area contributed by atoms with E-state index in [4.69, 9.17) is 9.72 Å². The van der Waals surface area contributed by atoms with Gasteiger partial charge in [0.2, 0.25) is 17.8 Å². The summed E-state index contributed by atoms with van der Waals surface area (Å²) in [6, 6.07) is 16.0. The number of anilines is 1. The quantitative estimate of drug-likeness (QED) is 0.539. The van der Waals surface area contributed by atoms with E-state index in [1.54, 1.807) is 12.0 Å². The van der Waals surface area contributed by atoms with E-state index in [0.717, 1.165) is 35.3 Å². The summed E-state index contributed by atoms with van der Waals surface area (Å²) in [6.07, 6.45) is 3.70. The molecule has 0 bridgehead atoms. The number of nitrogens with one attached hydrogen (secondary N) is 1. The molecule has 1 heterocycles. The summed E-state index contributed by atoms with van der Waals surface area (Å²) in [7, 11) is 1.59. The lowest BCUT2D eigenvalue weighted by atomic mass is 10.1. The first-order valence-electron chi connectivity index (χ1n) is 11.3. The van der Waals surface area contributed by atoms with Gasteiger partial charge in [-0.05, 0) is 49.9 Å². The number of benzene rings is 2. The summed E-state index contributed by atoms with van der Waals surface area (Å²) < 4.78 is 7.01. The van der Waals surface area contributed by atoms with Crippen molar-refractivity contribution in [1.82, 2.24) is 14.5 Å². The number of imidazole rings is 1. The molecule has 0 aliphatic heterocycles. The van der Waals surface area contributed by atoms with Crippen molar-refractivity contribution in [2.45, 2.75) is 26.7 Å². The number of aromatic nitrogens is 2. The molecule has 0 saturated heterocycles. The van der Waals surface area contributed by atoms with Crippen LogP contribution in [0.2, 0.25) is 0 Å². The zero-order chi connectivity index (χ0) is 23.4. The summed E-state index contributed by atoms with van der Waals surface area (Å²) in [5.74, 6) is 0.199. The Morgan fingerprint density at radius 2 is 1.88 bits per heavy atom. The fourth-order valence-corrected chi connectivity index (χ4v) is 3.68. The van der Waals surface area contributed by atoms with Gasteiger partial charge in [0.25, 0.3) is 0 Å². The van der Waals surface area contributed by atoms with Gasteiger partial charge in [-0.2, -0.15) is 0 Å². The number of amides is 2. The van der Waals surface area contributed by atoms with Crippen LogP contribution in [0.3, 0.4) is 0 Å². The van der Waals surface area contributed by atoms with E-state index < -0.39 is 0 Å². The number of rotatable bonds is 9. The minimum absolute atomic E-state index is 0.0182. The van der Waals surface area contributed by atoms with Crippen molar-refractivity contribution in [1.29, 1.82) is 0 Å². The third-order valence-electron chi connectivity index (χ3n) is 5.93. The average Bonchev–Trinajstić information content (AvgIpc) is 3.59. The molecule has 1 aliphatic carbocycles. The minimum Gasteiger partial charge on any atom is -0.383 e. The van der Waals surface area contributed by atoms with Gasteiger partial charge in [0, 0.05) is 37.0 Å². The second kappa shape index (κ2) is 10.0. The lowest BCUT2D eigenvalue weighted by molar-refractivity contribution is -0.136. The van der Waals surface area contributed by atoms with Crippen molar-refractivity contribution < 1.29 is 14.3 Å². The first kappa shape index (κ1) is 22.7. The topological polar surface area (TPSA) is 76.5 Å². The summed E-state index contributed by atoms with van der Waals surface area (Å²) >= 11 is 0. The van der Waals surface area contributed by atoms with Gasteiger partial charge < -0.3 is 9.64 Å². The summed E-state index contributed by atoms with van der Waals surface area (Å²) in [4.78, 5) is 31.9. The van der Waals surface area contributed by atoms with Gasteiger partial charge in [-0.15, -0.1) is 0 Å². The van der Waals surface area contributed by atoms with Crippen molar-refractivity contribution in [3.05, 3.63) is 65.9 Å². The molecule has 2 amide bonds. The van der Waals surface area contributed by atoms with Crippen molar-refractivity contribution in [3.8, 4) is 16.9 Å². The Kier molecular flexibility index (Phi) is 6.89. The minimum atomic E-state index is -0.282. The van der Waals surface area contributed by atoms with E-state index in [-0.39, 0.29) is 24.3 Å². The molecule has 0 atom stereocenters. The highest BCUT2D eigenvalue weighted by Crippen LogP contribution is 2.31. The van der Waals surface area contributed by atoms with Crippen LogP contribution in [-0.2, 0) is 14.3 Å². The van der Waals surface area contributed by atoms with Crippen LogP contribution in [0.5, 0.6) is 0 Å². The van der Waals surface area contributed by atoms with E-state index >= 15 is 0 Å². The Morgan fingerprint density at radius 1 is 1.12 bits per heavy atom. The van der Waals surface area contributed by atoms with E-state index in [9.17, 15) is 9.59 Å². The lowest BCUT2D eigenvalue weighted by Gasteiger charge is -2.21. The van der Waals surface area contributed by atoms with Gasteiger partial charge in [-0.3, -0.25) is 19.5 Å². The van der Waals surface area contributed by atoms with E-state index in [1.807, 2.05) is 47.2 Å². The van der Waals surface area contributed by atoms with Crippen LogP contribution in [0.1, 0.15) is 24.0 Å². The molecule has 172 valence electrons. The molecule has 4 rings (SSSR count). The highest BCUT2D eigenvalue weighted by molar-refractivity contribution is 5.94. The van der Waals surface area contributed by atoms with Crippen LogP contribution < -0.4 is 5.32 Å². The van der Waals surface area contributed by atoms with Crippen molar-refractivity contribution in [2.24, 2.45) is 5.92 Å². The number of carbonyl (C=O) groups is 2. The molecular formula is C26H30N4O3. The van der Waals surface area contributed by atoms with Crippen molar-refractivity contribution >= 4 is 17.8 Å². The third-order valence-corrected chi connectivity index (χ3v) is 5.93. The maximum absolute atomic E-state index is 13.0. The molecule has 7 heteroatoms. The number of carbonyl (C=O) groups excluding carboxylic acids is 2. The van der Waals surface area contributed by atoms with Crippen molar-refractivity contribution in [3.63, 3.8) is 0 Å². The van der Waals surface area contributed by atoms with Crippen LogP contribution in [0.15, 0.2) is 54.7 Å². The molecule has 3 aromatic rings. The molecule has 1 saturated carbocycles. The zero-order valence-electron chi connectivity index (χ0n) is 19.4. The predicted molar refractivity (Wildman–Crippen MR) is 128 cm³/mol. The van der Waals surface area contributed by atoms with Gasteiger partial charge in [0.05, 0.1) is 12.3 Å². The molecule has 0 radical (unpaired) electrons. The fourth-order valence-electron chi connectivity index (χ4n) is 3.68. The molecule has 1 aromatic heterocycles. The number of ether oxygens (including phenoxy) is 1. The molecule has 33 heavy (non-hydrogen) atoms. The smallest absolute Gasteiger partial charge is 0.246 e. The predicted octanol–water partition coefficient (Wildman–Crippen LogP) is 3.98. The maximum atomic E-state index is 13.0.